The van der Waals surface area contributed by atoms with Gasteiger partial charge in [-0.25, -0.2) is 4.98 Å². The third-order valence-electron chi connectivity index (χ3n) is 4.65. The van der Waals surface area contributed by atoms with Gasteiger partial charge in [0.05, 0.1) is 11.1 Å². The molecular formula is C17H21N5OS2. The Morgan fingerprint density at radius 1 is 1.48 bits per heavy atom. The summed E-state index contributed by atoms with van der Waals surface area (Å²) in [6.07, 6.45) is 4.95. The minimum absolute atomic E-state index is 0.00187. The Labute approximate surface area is 154 Å². The molecule has 0 unspecified atom stereocenters. The third kappa shape index (κ3) is 3.13. The lowest BCUT2D eigenvalue weighted by molar-refractivity contribution is 0.509. The first-order chi connectivity index (χ1) is 12.0. The van der Waals surface area contributed by atoms with E-state index in [4.69, 9.17) is 4.98 Å². The SMILES string of the molecule is CC(C)n1cnnc1SCc1nc2sc3c(c2c(=O)[nH]1)CC[C@H](C)C3. The minimum atomic E-state index is -0.00187. The Morgan fingerprint density at radius 3 is 3.12 bits per heavy atom. The van der Waals surface area contributed by atoms with Crippen molar-refractivity contribution >= 4 is 33.3 Å². The Morgan fingerprint density at radius 2 is 2.32 bits per heavy atom. The molecule has 1 aliphatic rings. The number of hydrogen-bond donors (Lipinski definition) is 1. The van der Waals surface area contributed by atoms with Crippen LogP contribution in [-0.2, 0) is 18.6 Å². The number of aromatic nitrogens is 5. The second kappa shape index (κ2) is 6.57. The van der Waals surface area contributed by atoms with E-state index in [2.05, 4.69) is 36.0 Å². The van der Waals surface area contributed by atoms with Gasteiger partial charge in [0.2, 0.25) is 0 Å². The van der Waals surface area contributed by atoms with Gasteiger partial charge in [-0.2, -0.15) is 0 Å². The number of aromatic amines is 1. The molecular weight excluding hydrogens is 354 g/mol. The van der Waals surface area contributed by atoms with Crippen molar-refractivity contribution in [1.82, 2.24) is 24.7 Å². The fraction of sp³-hybridized carbons (Fsp3) is 0.529. The molecule has 0 radical (unpaired) electrons. The number of H-pyrrole nitrogens is 1. The van der Waals surface area contributed by atoms with Crippen molar-refractivity contribution in [2.75, 3.05) is 0 Å². The molecule has 0 spiro atoms. The number of nitrogens with zero attached hydrogens (tertiary/aromatic N) is 4. The van der Waals surface area contributed by atoms with Crippen LogP contribution in [-0.4, -0.2) is 24.7 Å². The lowest BCUT2D eigenvalue weighted by Gasteiger charge is -2.17. The molecule has 4 rings (SSSR count). The fourth-order valence-corrected chi connectivity index (χ4v) is 5.60. The maximum atomic E-state index is 12.6. The predicted octanol–water partition coefficient (Wildman–Crippen LogP) is 3.57. The second-order valence-electron chi connectivity index (χ2n) is 6.95. The van der Waals surface area contributed by atoms with E-state index in [0.717, 1.165) is 34.6 Å². The maximum Gasteiger partial charge on any atom is 0.259 e. The van der Waals surface area contributed by atoms with Crippen LogP contribution < -0.4 is 5.56 Å². The number of fused-ring (bicyclic) bond motifs is 3. The molecule has 3 aromatic rings. The zero-order chi connectivity index (χ0) is 17.6. The molecule has 1 atom stereocenters. The summed E-state index contributed by atoms with van der Waals surface area (Å²) in [4.78, 5) is 22.5. The van der Waals surface area contributed by atoms with E-state index in [0.29, 0.717) is 23.5 Å². The summed E-state index contributed by atoms with van der Waals surface area (Å²) in [7, 11) is 0. The molecule has 1 aliphatic carbocycles. The molecule has 3 heterocycles. The van der Waals surface area contributed by atoms with Crippen molar-refractivity contribution in [3.05, 3.63) is 32.9 Å². The van der Waals surface area contributed by atoms with E-state index < -0.39 is 0 Å². The molecule has 0 aromatic carbocycles. The highest BCUT2D eigenvalue weighted by Gasteiger charge is 2.23. The lowest BCUT2D eigenvalue weighted by Crippen LogP contribution is -2.14. The van der Waals surface area contributed by atoms with Crippen LogP contribution in [0.3, 0.4) is 0 Å². The molecule has 3 aromatic heterocycles. The Balaban J connectivity index is 1.63. The van der Waals surface area contributed by atoms with E-state index in [1.807, 2.05) is 4.57 Å². The van der Waals surface area contributed by atoms with Crippen LogP contribution in [0.1, 0.15) is 49.5 Å². The molecule has 8 heteroatoms. The first-order valence-corrected chi connectivity index (χ1v) is 10.4. The van der Waals surface area contributed by atoms with Gasteiger partial charge in [-0.3, -0.25) is 4.79 Å². The molecule has 0 saturated carbocycles. The second-order valence-corrected chi connectivity index (χ2v) is 8.97. The molecule has 0 fully saturated rings. The van der Waals surface area contributed by atoms with Crippen LogP contribution in [0.4, 0.5) is 0 Å². The maximum absolute atomic E-state index is 12.6. The molecule has 0 bridgehead atoms. The lowest BCUT2D eigenvalue weighted by atomic mass is 9.89. The summed E-state index contributed by atoms with van der Waals surface area (Å²) in [5, 5.41) is 9.79. The average Bonchev–Trinajstić information content (AvgIpc) is 3.16. The average molecular weight is 376 g/mol. The first kappa shape index (κ1) is 16.8. The summed E-state index contributed by atoms with van der Waals surface area (Å²) < 4.78 is 2.02. The van der Waals surface area contributed by atoms with Crippen molar-refractivity contribution in [2.45, 2.75) is 57.0 Å². The van der Waals surface area contributed by atoms with E-state index >= 15 is 0 Å². The zero-order valence-corrected chi connectivity index (χ0v) is 16.2. The highest BCUT2D eigenvalue weighted by atomic mass is 32.2. The largest absolute Gasteiger partial charge is 0.309 e. The van der Waals surface area contributed by atoms with Crippen LogP contribution in [0, 0.1) is 5.92 Å². The normalized spacial score (nSPS) is 17.4. The summed E-state index contributed by atoms with van der Waals surface area (Å²) in [6.45, 7) is 6.46. The summed E-state index contributed by atoms with van der Waals surface area (Å²) in [5.74, 6) is 1.97. The van der Waals surface area contributed by atoms with Crippen LogP contribution in [0.5, 0.6) is 0 Å². The van der Waals surface area contributed by atoms with Gasteiger partial charge in [-0.15, -0.1) is 21.5 Å². The highest BCUT2D eigenvalue weighted by Crippen LogP contribution is 2.35. The van der Waals surface area contributed by atoms with Gasteiger partial charge in [-0.1, -0.05) is 18.7 Å². The van der Waals surface area contributed by atoms with Crippen molar-refractivity contribution in [3.8, 4) is 0 Å². The van der Waals surface area contributed by atoms with E-state index in [-0.39, 0.29) is 5.56 Å². The molecule has 0 aliphatic heterocycles. The van der Waals surface area contributed by atoms with E-state index in [9.17, 15) is 4.79 Å². The van der Waals surface area contributed by atoms with Crippen molar-refractivity contribution in [2.24, 2.45) is 5.92 Å². The van der Waals surface area contributed by atoms with Gasteiger partial charge in [0.25, 0.3) is 5.56 Å². The Bertz CT molecular complexity index is 971. The number of thioether (sulfide) groups is 1. The number of aryl methyl sites for hydroxylation is 1. The van der Waals surface area contributed by atoms with Gasteiger partial charge in [0.1, 0.15) is 17.0 Å². The number of nitrogens with one attached hydrogen (secondary N) is 1. The van der Waals surface area contributed by atoms with Gasteiger partial charge in [0, 0.05) is 10.9 Å². The molecule has 0 saturated heterocycles. The van der Waals surface area contributed by atoms with Gasteiger partial charge in [-0.05, 0) is 44.6 Å². The van der Waals surface area contributed by atoms with Gasteiger partial charge in [0.15, 0.2) is 5.16 Å². The fourth-order valence-electron chi connectivity index (χ4n) is 3.28. The monoisotopic (exact) mass is 375 g/mol. The standard InChI is InChI=1S/C17H21N5OS2/c1-9(2)22-8-18-21-17(22)24-7-13-19-15(23)14-11-5-4-10(3)6-12(11)25-16(14)20-13/h8-10H,4-7H2,1-3H3,(H,19,20,23)/t10-/m0/s1. The Hall–Kier alpha value is -1.67. The number of hydrogen-bond acceptors (Lipinski definition) is 6. The van der Waals surface area contributed by atoms with Gasteiger partial charge >= 0.3 is 0 Å². The molecule has 132 valence electrons. The topological polar surface area (TPSA) is 76.5 Å². The number of rotatable bonds is 4. The molecule has 1 N–H and O–H groups in total. The van der Waals surface area contributed by atoms with E-state index in [1.165, 1.54) is 10.4 Å². The van der Waals surface area contributed by atoms with Crippen molar-refractivity contribution < 1.29 is 0 Å². The molecule has 0 amide bonds. The summed E-state index contributed by atoms with van der Waals surface area (Å²) in [5.41, 5.74) is 1.23. The predicted molar refractivity (Wildman–Crippen MR) is 101 cm³/mol. The highest BCUT2D eigenvalue weighted by molar-refractivity contribution is 7.98. The summed E-state index contributed by atoms with van der Waals surface area (Å²) in [6, 6.07) is 0.304. The van der Waals surface area contributed by atoms with Gasteiger partial charge < -0.3 is 9.55 Å². The van der Waals surface area contributed by atoms with Crippen LogP contribution in [0.2, 0.25) is 0 Å². The van der Waals surface area contributed by atoms with Crippen molar-refractivity contribution in [3.63, 3.8) is 0 Å². The van der Waals surface area contributed by atoms with Crippen LogP contribution in [0.15, 0.2) is 16.3 Å². The van der Waals surface area contributed by atoms with Crippen LogP contribution >= 0.6 is 23.1 Å². The van der Waals surface area contributed by atoms with E-state index in [1.54, 1.807) is 29.4 Å². The van der Waals surface area contributed by atoms with Crippen LogP contribution in [0.25, 0.3) is 10.2 Å². The Kier molecular flexibility index (Phi) is 4.41. The minimum Gasteiger partial charge on any atom is -0.309 e. The smallest absolute Gasteiger partial charge is 0.259 e. The summed E-state index contributed by atoms with van der Waals surface area (Å²) >= 11 is 3.24. The molecule has 6 nitrogen and oxygen atoms in total. The van der Waals surface area contributed by atoms with Crippen molar-refractivity contribution in [1.29, 1.82) is 0 Å². The number of thiophene rings is 1. The zero-order valence-electron chi connectivity index (χ0n) is 14.6. The first-order valence-electron chi connectivity index (χ1n) is 8.58. The third-order valence-corrected chi connectivity index (χ3v) is 6.77. The molecule has 25 heavy (non-hydrogen) atoms. The quantitative estimate of drug-likeness (QED) is 0.706.